The predicted octanol–water partition coefficient (Wildman–Crippen LogP) is 3.02. The van der Waals surface area contributed by atoms with Gasteiger partial charge < -0.3 is 9.47 Å². The molecule has 0 radical (unpaired) electrons. The third-order valence-corrected chi connectivity index (χ3v) is 2.84. The molecule has 0 N–H and O–H groups in total. The molecule has 0 saturated heterocycles. The van der Waals surface area contributed by atoms with Crippen LogP contribution in [0.5, 0.6) is 5.75 Å². The van der Waals surface area contributed by atoms with E-state index in [1.807, 2.05) is 39.0 Å². The van der Waals surface area contributed by atoms with Crippen LogP contribution < -0.4 is 4.74 Å². The average Bonchev–Trinajstić information content (AvgIpc) is 2.33. The zero-order valence-electron chi connectivity index (χ0n) is 10.9. The van der Waals surface area contributed by atoms with Crippen molar-refractivity contribution in [2.45, 2.75) is 39.7 Å². The van der Waals surface area contributed by atoms with E-state index in [2.05, 4.69) is 0 Å². The molecule has 0 aliphatic heterocycles. The number of hydrogen-bond donors (Lipinski definition) is 0. The lowest BCUT2D eigenvalue weighted by Crippen LogP contribution is -2.28. The number of esters is 1. The van der Waals surface area contributed by atoms with Gasteiger partial charge in [0.25, 0.3) is 0 Å². The first-order valence-corrected chi connectivity index (χ1v) is 5.90. The molecule has 0 aliphatic rings. The van der Waals surface area contributed by atoms with E-state index in [4.69, 9.17) is 9.47 Å². The molecule has 1 aromatic carbocycles. The molecule has 1 rings (SSSR count). The van der Waals surface area contributed by atoms with Gasteiger partial charge in [0, 0.05) is 0 Å². The lowest BCUT2D eigenvalue weighted by atomic mass is 10.1. The molecule has 0 saturated carbocycles. The summed E-state index contributed by atoms with van der Waals surface area (Å²) in [5.41, 5.74) is 2.22. The van der Waals surface area contributed by atoms with E-state index in [1.165, 1.54) is 7.11 Å². The summed E-state index contributed by atoms with van der Waals surface area (Å²) in [5, 5.41) is 0. The van der Waals surface area contributed by atoms with Crippen LogP contribution in [0.4, 0.5) is 0 Å². The molecule has 17 heavy (non-hydrogen) atoms. The Balaban J connectivity index is 2.85. The van der Waals surface area contributed by atoms with Gasteiger partial charge in [-0.15, -0.1) is 0 Å². The van der Waals surface area contributed by atoms with Crippen molar-refractivity contribution >= 4 is 5.97 Å². The topological polar surface area (TPSA) is 35.5 Å². The molecule has 0 fully saturated rings. The number of ether oxygens (including phenoxy) is 2. The summed E-state index contributed by atoms with van der Waals surface area (Å²) < 4.78 is 10.5. The molecule has 3 nitrogen and oxygen atoms in total. The smallest absolute Gasteiger partial charge is 0.347 e. The van der Waals surface area contributed by atoms with Gasteiger partial charge in [0.15, 0.2) is 6.10 Å². The summed E-state index contributed by atoms with van der Waals surface area (Å²) in [6.07, 6.45) is 1.04. The Morgan fingerprint density at radius 3 is 2.65 bits per heavy atom. The number of methoxy groups -OCH3 is 1. The highest BCUT2D eigenvalue weighted by molar-refractivity contribution is 5.75. The summed E-state index contributed by atoms with van der Waals surface area (Å²) in [4.78, 5) is 11.6. The van der Waals surface area contributed by atoms with E-state index in [0.29, 0.717) is 6.42 Å². The molecule has 1 atom stereocenters. The van der Waals surface area contributed by atoms with Crippen LogP contribution in [0.3, 0.4) is 0 Å². The monoisotopic (exact) mass is 236 g/mol. The Morgan fingerprint density at radius 1 is 1.35 bits per heavy atom. The van der Waals surface area contributed by atoms with Crippen molar-refractivity contribution in [1.82, 2.24) is 0 Å². The molecule has 0 aromatic heterocycles. The first-order chi connectivity index (χ1) is 8.10. The van der Waals surface area contributed by atoms with Crippen LogP contribution in [-0.4, -0.2) is 19.2 Å². The summed E-state index contributed by atoms with van der Waals surface area (Å²) in [6.45, 7) is 6.03. The summed E-state index contributed by atoms with van der Waals surface area (Å²) in [6, 6.07) is 5.83. The second-order valence-corrected chi connectivity index (χ2v) is 4.12. The van der Waals surface area contributed by atoms with Crippen LogP contribution in [-0.2, 0) is 9.53 Å². The quantitative estimate of drug-likeness (QED) is 0.737. The van der Waals surface area contributed by atoms with E-state index in [-0.39, 0.29) is 5.97 Å². The van der Waals surface area contributed by atoms with Gasteiger partial charge in [-0.1, -0.05) is 25.5 Å². The number of carbonyl (C=O) groups excluding carboxylic acids is 1. The van der Waals surface area contributed by atoms with E-state index < -0.39 is 6.10 Å². The molecule has 94 valence electrons. The van der Waals surface area contributed by atoms with Crippen LogP contribution in [0.15, 0.2) is 18.2 Å². The number of rotatable bonds is 5. The Kier molecular flexibility index (Phi) is 5.01. The SMILES string of the molecule is CCCC(Oc1cccc(C)c1C)C(=O)OC. The van der Waals surface area contributed by atoms with Crippen molar-refractivity contribution in [2.75, 3.05) is 7.11 Å². The molecule has 0 aliphatic carbocycles. The summed E-state index contributed by atoms with van der Waals surface area (Å²) in [7, 11) is 1.39. The predicted molar refractivity (Wildman–Crippen MR) is 67.3 cm³/mol. The van der Waals surface area contributed by atoms with Gasteiger partial charge in [0.2, 0.25) is 0 Å². The van der Waals surface area contributed by atoms with Gasteiger partial charge in [0.05, 0.1) is 7.11 Å². The molecule has 1 unspecified atom stereocenters. The zero-order chi connectivity index (χ0) is 12.8. The molecule has 1 aromatic rings. The normalized spacial score (nSPS) is 12.0. The van der Waals surface area contributed by atoms with Crippen LogP contribution in [0, 0.1) is 13.8 Å². The third-order valence-electron chi connectivity index (χ3n) is 2.84. The lowest BCUT2D eigenvalue weighted by Gasteiger charge is -2.18. The van der Waals surface area contributed by atoms with E-state index in [0.717, 1.165) is 23.3 Å². The largest absolute Gasteiger partial charge is 0.478 e. The van der Waals surface area contributed by atoms with Crippen molar-refractivity contribution < 1.29 is 14.3 Å². The molecule has 0 heterocycles. The maximum atomic E-state index is 11.6. The van der Waals surface area contributed by atoms with Crippen LogP contribution in [0.25, 0.3) is 0 Å². The van der Waals surface area contributed by atoms with Crippen molar-refractivity contribution in [1.29, 1.82) is 0 Å². The summed E-state index contributed by atoms with van der Waals surface area (Å²) in [5.74, 6) is 0.446. The van der Waals surface area contributed by atoms with Crippen molar-refractivity contribution in [3.8, 4) is 5.75 Å². The molecule has 0 spiro atoms. The Morgan fingerprint density at radius 2 is 2.06 bits per heavy atom. The highest BCUT2D eigenvalue weighted by Gasteiger charge is 2.20. The minimum atomic E-state index is -0.509. The first-order valence-electron chi connectivity index (χ1n) is 5.90. The number of aryl methyl sites for hydroxylation is 1. The third kappa shape index (κ3) is 3.48. The fourth-order valence-electron chi connectivity index (χ4n) is 1.62. The highest BCUT2D eigenvalue weighted by Crippen LogP contribution is 2.23. The molecule has 3 heteroatoms. The van der Waals surface area contributed by atoms with Gasteiger partial charge >= 0.3 is 5.97 Å². The van der Waals surface area contributed by atoms with Gasteiger partial charge in [-0.25, -0.2) is 4.79 Å². The maximum absolute atomic E-state index is 11.6. The molecular formula is C14H20O3. The standard InChI is InChI=1S/C14H20O3/c1-5-7-13(14(15)16-4)17-12-9-6-8-10(2)11(12)3/h6,8-9,13H,5,7H2,1-4H3. The van der Waals surface area contributed by atoms with E-state index >= 15 is 0 Å². The van der Waals surface area contributed by atoms with Gasteiger partial charge in [-0.2, -0.15) is 0 Å². The first kappa shape index (κ1) is 13.6. The number of benzene rings is 1. The Labute approximate surface area is 103 Å². The lowest BCUT2D eigenvalue weighted by molar-refractivity contribution is -0.149. The average molecular weight is 236 g/mol. The van der Waals surface area contributed by atoms with Crippen molar-refractivity contribution in [3.63, 3.8) is 0 Å². The van der Waals surface area contributed by atoms with Crippen molar-refractivity contribution in [3.05, 3.63) is 29.3 Å². The van der Waals surface area contributed by atoms with Crippen LogP contribution >= 0.6 is 0 Å². The highest BCUT2D eigenvalue weighted by atomic mass is 16.6. The maximum Gasteiger partial charge on any atom is 0.347 e. The summed E-state index contributed by atoms with van der Waals surface area (Å²) >= 11 is 0. The van der Waals surface area contributed by atoms with Crippen LogP contribution in [0.1, 0.15) is 30.9 Å². The second-order valence-electron chi connectivity index (χ2n) is 4.12. The molecule has 0 amide bonds. The minimum Gasteiger partial charge on any atom is -0.478 e. The fraction of sp³-hybridized carbons (Fsp3) is 0.500. The Bertz CT molecular complexity index is 385. The van der Waals surface area contributed by atoms with Gasteiger partial charge in [-0.3, -0.25) is 0 Å². The van der Waals surface area contributed by atoms with E-state index in [1.54, 1.807) is 0 Å². The van der Waals surface area contributed by atoms with Crippen LogP contribution in [0.2, 0.25) is 0 Å². The molecular weight excluding hydrogens is 216 g/mol. The number of hydrogen-bond acceptors (Lipinski definition) is 3. The van der Waals surface area contributed by atoms with Crippen molar-refractivity contribution in [2.24, 2.45) is 0 Å². The number of carbonyl (C=O) groups is 1. The second kappa shape index (κ2) is 6.28. The van der Waals surface area contributed by atoms with Gasteiger partial charge in [-0.05, 0) is 37.5 Å². The minimum absolute atomic E-state index is 0.312. The molecule has 0 bridgehead atoms. The van der Waals surface area contributed by atoms with E-state index in [9.17, 15) is 4.79 Å². The Hall–Kier alpha value is -1.51. The zero-order valence-corrected chi connectivity index (χ0v) is 10.9. The van der Waals surface area contributed by atoms with Gasteiger partial charge in [0.1, 0.15) is 5.75 Å². The fourth-order valence-corrected chi connectivity index (χ4v) is 1.62.